The van der Waals surface area contributed by atoms with E-state index in [9.17, 15) is 5.26 Å². The lowest BCUT2D eigenvalue weighted by Gasteiger charge is -2.11. The average Bonchev–Trinajstić information content (AvgIpc) is 3.18. The molecule has 0 amide bonds. The van der Waals surface area contributed by atoms with Gasteiger partial charge in [-0.1, -0.05) is 42.5 Å². The van der Waals surface area contributed by atoms with Crippen LogP contribution in [-0.4, -0.2) is 9.97 Å². The maximum atomic E-state index is 9.48. The predicted molar refractivity (Wildman–Crippen MR) is 103 cm³/mol. The van der Waals surface area contributed by atoms with Crippen LogP contribution in [0.4, 0.5) is 0 Å². The first-order chi connectivity index (χ1) is 12.8. The first-order valence-corrected chi connectivity index (χ1v) is 8.20. The molecule has 26 heavy (non-hydrogen) atoms. The smallest absolute Gasteiger partial charge is 0.155 e. The molecule has 2 aromatic carbocycles. The van der Waals surface area contributed by atoms with E-state index in [0.29, 0.717) is 17.1 Å². The number of ether oxygens (including phenoxy) is 1. The molecule has 4 heteroatoms. The summed E-state index contributed by atoms with van der Waals surface area (Å²) in [6.07, 6.45) is 8.97. The van der Waals surface area contributed by atoms with Gasteiger partial charge in [-0.25, -0.2) is 0 Å². The summed E-state index contributed by atoms with van der Waals surface area (Å²) in [6.45, 7) is 0. The molecular weight excluding hydrogens is 322 g/mol. The van der Waals surface area contributed by atoms with Crippen molar-refractivity contribution in [2.24, 2.45) is 0 Å². The molecule has 4 rings (SSSR count). The largest absolute Gasteiger partial charge is 0.455 e. The van der Waals surface area contributed by atoms with Gasteiger partial charge in [0.05, 0.1) is 0 Å². The van der Waals surface area contributed by atoms with E-state index in [1.54, 1.807) is 6.20 Å². The van der Waals surface area contributed by atoms with Crippen LogP contribution in [0.15, 0.2) is 73.2 Å². The topological polar surface area (TPSA) is 61.7 Å². The number of rotatable bonds is 4. The van der Waals surface area contributed by atoms with Crippen molar-refractivity contribution in [1.82, 2.24) is 9.97 Å². The second-order valence-corrected chi connectivity index (χ2v) is 5.76. The highest BCUT2D eigenvalue weighted by atomic mass is 16.5. The highest BCUT2D eigenvalue weighted by molar-refractivity contribution is 5.86. The lowest BCUT2D eigenvalue weighted by molar-refractivity contribution is 0.485. The van der Waals surface area contributed by atoms with E-state index in [-0.39, 0.29) is 0 Å². The average molecular weight is 337 g/mol. The summed E-state index contributed by atoms with van der Waals surface area (Å²) in [4.78, 5) is 7.33. The minimum atomic E-state index is 0.396. The molecule has 124 valence electrons. The van der Waals surface area contributed by atoms with Crippen LogP contribution in [0.2, 0.25) is 0 Å². The lowest BCUT2D eigenvalue weighted by atomic mass is 10.1. The number of nitrogens with one attached hydrogen (secondary N) is 1. The van der Waals surface area contributed by atoms with Crippen LogP contribution in [0.5, 0.6) is 11.5 Å². The number of nitriles is 1. The molecule has 0 saturated carbocycles. The third-order valence-corrected chi connectivity index (χ3v) is 4.07. The van der Waals surface area contributed by atoms with Crippen molar-refractivity contribution in [2.75, 3.05) is 0 Å². The van der Waals surface area contributed by atoms with Crippen LogP contribution >= 0.6 is 0 Å². The van der Waals surface area contributed by atoms with Gasteiger partial charge in [0, 0.05) is 35.1 Å². The molecule has 0 fully saturated rings. The van der Waals surface area contributed by atoms with Gasteiger partial charge in [0.25, 0.3) is 0 Å². The maximum Gasteiger partial charge on any atom is 0.155 e. The molecule has 1 N–H and O–H groups in total. The Hall–Kier alpha value is -3.84. The summed E-state index contributed by atoms with van der Waals surface area (Å²) < 4.78 is 6.16. The fraction of sp³-hybridized carbons (Fsp3) is 0. The molecule has 4 nitrogen and oxygen atoms in total. The molecule has 2 aromatic heterocycles. The molecule has 0 unspecified atom stereocenters. The zero-order valence-electron chi connectivity index (χ0n) is 13.9. The third kappa shape index (κ3) is 3.06. The Labute approximate surface area is 151 Å². The highest BCUT2D eigenvalue weighted by Crippen LogP contribution is 2.33. The molecule has 0 atom stereocenters. The van der Waals surface area contributed by atoms with Gasteiger partial charge in [0.2, 0.25) is 0 Å². The van der Waals surface area contributed by atoms with Gasteiger partial charge in [0.15, 0.2) is 5.75 Å². The molecule has 0 aliphatic heterocycles. The number of hydrogen-bond acceptors (Lipinski definition) is 3. The van der Waals surface area contributed by atoms with Gasteiger partial charge >= 0.3 is 0 Å². The van der Waals surface area contributed by atoms with Gasteiger partial charge < -0.3 is 9.72 Å². The molecule has 0 saturated heterocycles. The number of nitrogens with zero attached hydrogens (tertiary/aromatic N) is 2. The Morgan fingerprint density at radius 2 is 1.85 bits per heavy atom. The Morgan fingerprint density at radius 3 is 2.69 bits per heavy atom. The van der Waals surface area contributed by atoms with E-state index in [4.69, 9.17) is 4.74 Å². The second-order valence-electron chi connectivity index (χ2n) is 5.76. The Kier molecular flexibility index (Phi) is 4.19. The summed E-state index contributed by atoms with van der Waals surface area (Å²) in [6, 6.07) is 19.9. The number of benzene rings is 2. The number of hydrogen-bond donors (Lipinski definition) is 1. The fourth-order valence-corrected chi connectivity index (χ4v) is 2.78. The van der Waals surface area contributed by atoms with Gasteiger partial charge in [-0.3, -0.25) is 4.98 Å². The van der Waals surface area contributed by atoms with Crippen LogP contribution in [0.25, 0.3) is 23.1 Å². The van der Waals surface area contributed by atoms with Crippen molar-refractivity contribution in [1.29, 1.82) is 5.26 Å². The normalized spacial score (nSPS) is 10.9. The van der Waals surface area contributed by atoms with Gasteiger partial charge in [-0.2, -0.15) is 5.26 Å². The highest BCUT2D eigenvalue weighted by Gasteiger charge is 2.12. The number of fused-ring (bicyclic) bond motifs is 1. The van der Waals surface area contributed by atoms with E-state index in [0.717, 1.165) is 22.0 Å². The Bertz CT molecular complexity index is 1120. The van der Waals surface area contributed by atoms with Gasteiger partial charge in [-0.05, 0) is 29.8 Å². The lowest BCUT2D eigenvalue weighted by Crippen LogP contribution is -1.93. The molecule has 0 aliphatic rings. The molecular formula is C22H15N3O. The van der Waals surface area contributed by atoms with Crippen molar-refractivity contribution < 1.29 is 4.74 Å². The molecule has 0 bridgehead atoms. The van der Waals surface area contributed by atoms with Crippen LogP contribution in [0, 0.1) is 11.3 Å². The minimum absolute atomic E-state index is 0.396. The van der Waals surface area contributed by atoms with E-state index < -0.39 is 0 Å². The first-order valence-electron chi connectivity index (χ1n) is 8.20. The Balaban J connectivity index is 1.76. The number of H-pyrrole nitrogens is 1. The van der Waals surface area contributed by atoms with Crippen molar-refractivity contribution in [3.63, 3.8) is 0 Å². The second kappa shape index (κ2) is 6.96. The summed E-state index contributed by atoms with van der Waals surface area (Å²) in [5.41, 5.74) is 3.19. The van der Waals surface area contributed by atoms with E-state index >= 15 is 0 Å². The number of aromatic amines is 1. The number of aromatic nitrogens is 2. The van der Waals surface area contributed by atoms with Crippen molar-refractivity contribution >= 4 is 23.1 Å². The van der Waals surface area contributed by atoms with E-state index in [1.165, 1.54) is 6.20 Å². The van der Waals surface area contributed by atoms with Crippen molar-refractivity contribution in [3.05, 3.63) is 89.9 Å². The molecule has 0 aliphatic carbocycles. The van der Waals surface area contributed by atoms with Crippen LogP contribution in [-0.2, 0) is 0 Å². The van der Waals surface area contributed by atoms with E-state index in [1.807, 2.05) is 72.9 Å². The maximum absolute atomic E-state index is 9.48. The molecule has 0 spiro atoms. The SMILES string of the molecule is N#Cc1cncc(/C=C/c2ccccc2)c1Oc1cccc2[nH]ccc12. The summed E-state index contributed by atoms with van der Waals surface area (Å²) in [5.74, 6) is 1.20. The fourth-order valence-electron chi connectivity index (χ4n) is 2.78. The van der Waals surface area contributed by atoms with Gasteiger partial charge in [-0.15, -0.1) is 0 Å². The predicted octanol–water partition coefficient (Wildman–Crippen LogP) is 5.40. The Morgan fingerprint density at radius 1 is 0.962 bits per heavy atom. The summed E-state index contributed by atoms with van der Waals surface area (Å²) in [7, 11) is 0. The van der Waals surface area contributed by atoms with Crippen LogP contribution in [0.3, 0.4) is 0 Å². The molecule has 0 radical (unpaired) electrons. The minimum Gasteiger partial charge on any atom is -0.455 e. The molecule has 2 heterocycles. The van der Waals surface area contributed by atoms with E-state index in [2.05, 4.69) is 16.0 Å². The van der Waals surface area contributed by atoms with Gasteiger partial charge in [0.1, 0.15) is 17.4 Å². The molecule has 4 aromatic rings. The number of pyridine rings is 1. The van der Waals surface area contributed by atoms with Crippen molar-refractivity contribution in [3.8, 4) is 17.6 Å². The standard InChI is InChI=1S/C22H15N3O/c23-13-18-15-24-14-17(10-9-16-5-2-1-3-6-16)22(18)26-21-8-4-7-20-19(21)11-12-25-20/h1-12,14-15,25H/b10-9+. The third-order valence-electron chi connectivity index (χ3n) is 4.07. The van der Waals surface area contributed by atoms with Crippen molar-refractivity contribution in [2.45, 2.75) is 0 Å². The quantitative estimate of drug-likeness (QED) is 0.542. The monoisotopic (exact) mass is 337 g/mol. The first kappa shape index (κ1) is 15.7. The zero-order chi connectivity index (χ0) is 17.8. The summed E-state index contributed by atoms with van der Waals surface area (Å²) in [5, 5.41) is 10.4. The summed E-state index contributed by atoms with van der Waals surface area (Å²) >= 11 is 0. The van der Waals surface area contributed by atoms with Crippen LogP contribution < -0.4 is 4.74 Å². The zero-order valence-corrected chi connectivity index (χ0v) is 13.9. The van der Waals surface area contributed by atoms with Crippen LogP contribution in [0.1, 0.15) is 16.7 Å².